The summed E-state index contributed by atoms with van der Waals surface area (Å²) in [5.74, 6) is 0. The van der Waals surface area contributed by atoms with Crippen LogP contribution in [0.4, 0.5) is 0 Å². The second-order valence-electron chi connectivity index (χ2n) is 5.50. The van der Waals surface area contributed by atoms with E-state index in [9.17, 15) is 4.79 Å². The summed E-state index contributed by atoms with van der Waals surface area (Å²) in [6, 6.07) is 16.7. The highest BCUT2D eigenvalue weighted by Crippen LogP contribution is 2.22. The predicted molar refractivity (Wildman–Crippen MR) is 98.9 cm³/mol. The summed E-state index contributed by atoms with van der Waals surface area (Å²) >= 11 is 12.1. The van der Waals surface area contributed by atoms with Crippen molar-refractivity contribution in [2.24, 2.45) is 0 Å². The Kier molecular flexibility index (Phi) is 5.03. The number of nitrogens with zero attached hydrogens (tertiary/aromatic N) is 2. The van der Waals surface area contributed by atoms with Crippen LogP contribution in [0, 0.1) is 0 Å². The van der Waals surface area contributed by atoms with Crippen molar-refractivity contribution in [1.29, 1.82) is 0 Å². The Balaban J connectivity index is 1.95. The third kappa shape index (κ3) is 3.69. The van der Waals surface area contributed by atoms with E-state index >= 15 is 0 Å². The van der Waals surface area contributed by atoms with Crippen LogP contribution in [0.2, 0.25) is 10.0 Å². The van der Waals surface area contributed by atoms with Crippen LogP contribution < -0.4 is 5.56 Å². The molecule has 24 heavy (non-hydrogen) atoms. The van der Waals surface area contributed by atoms with Gasteiger partial charge in [-0.15, -0.1) is 0 Å². The predicted octanol–water partition coefficient (Wildman–Crippen LogP) is 4.83. The lowest BCUT2D eigenvalue weighted by Crippen LogP contribution is -2.23. The molecule has 0 bridgehead atoms. The van der Waals surface area contributed by atoms with Crippen LogP contribution in [0.5, 0.6) is 0 Å². The van der Waals surface area contributed by atoms with Crippen LogP contribution >= 0.6 is 23.2 Å². The molecule has 0 atom stereocenters. The molecule has 3 nitrogen and oxygen atoms in total. The van der Waals surface area contributed by atoms with Gasteiger partial charge in [0.25, 0.3) is 5.56 Å². The molecular formula is C19H16Cl2N2O. The van der Waals surface area contributed by atoms with Crippen LogP contribution in [0.15, 0.2) is 59.4 Å². The lowest BCUT2D eigenvalue weighted by atomic mass is 10.1. The van der Waals surface area contributed by atoms with E-state index in [4.69, 9.17) is 23.2 Å². The summed E-state index contributed by atoms with van der Waals surface area (Å²) in [5, 5.41) is 5.56. The number of rotatable bonds is 4. The number of halogens is 2. The summed E-state index contributed by atoms with van der Waals surface area (Å²) in [7, 11) is 0. The minimum Gasteiger partial charge on any atom is -0.268 e. The molecule has 0 amide bonds. The largest absolute Gasteiger partial charge is 0.268 e. The lowest BCUT2D eigenvalue weighted by Gasteiger charge is -2.09. The third-order valence-electron chi connectivity index (χ3n) is 3.86. The number of aryl methyl sites for hydroxylation is 1. The van der Waals surface area contributed by atoms with Crippen molar-refractivity contribution in [3.05, 3.63) is 86.1 Å². The highest BCUT2D eigenvalue weighted by atomic mass is 35.5. The van der Waals surface area contributed by atoms with E-state index in [2.05, 4.69) is 24.2 Å². The first-order valence-electron chi connectivity index (χ1n) is 7.68. The highest BCUT2D eigenvalue weighted by Gasteiger charge is 2.07. The number of hydrogen-bond donors (Lipinski definition) is 0. The maximum Gasteiger partial charge on any atom is 0.267 e. The molecule has 0 N–H and O–H groups in total. The Labute approximate surface area is 150 Å². The Hall–Kier alpha value is -2.10. The van der Waals surface area contributed by atoms with Crippen molar-refractivity contribution in [2.75, 3.05) is 0 Å². The summed E-state index contributed by atoms with van der Waals surface area (Å²) in [6.07, 6.45) is 0.988. The molecule has 0 aliphatic rings. The molecule has 3 rings (SSSR count). The van der Waals surface area contributed by atoms with Crippen LogP contribution in [0.1, 0.15) is 18.1 Å². The van der Waals surface area contributed by atoms with E-state index < -0.39 is 0 Å². The van der Waals surface area contributed by atoms with E-state index in [0.717, 1.165) is 23.2 Å². The van der Waals surface area contributed by atoms with Gasteiger partial charge in [-0.2, -0.15) is 5.10 Å². The van der Waals surface area contributed by atoms with E-state index in [0.29, 0.717) is 16.6 Å². The topological polar surface area (TPSA) is 34.9 Å². The van der Waals surface area contributed by atoms with Crippen LogP contribution in [-0.2, 0) is 13.0 Å². The standard InChI is InChI=1S/C19H16Cl2N2O/c1-2-13-3-5-14(6-4-13)18-9-10-19(24)23(22-18)12-15-7-8-16(20)11-17(15)21/h3-11H,2,12H2,1H3. The monoisotopic (exact) mass is 358 g/mol. The van der Waals surface area contributed by atoms with Gasteiger partial charge in [-0.1, -0.05) is 60.5 Å². The molecule has 0 radical (unpaired) electrons. The molecule has 0 aliphatic carbocycles. The Morgan fingerprint density at radius 1 is 1.00 bits per heavy atom. The van der Waals surface area contributed by atoms with Gasteiger partial charge in [-0.25, -0.2) is 4.68 Å². The minimum absolute atomic E-state index is 0.171. The quantitative estimate of drug-likeness (QED) is 0.669. The minimum atomic E-state index is -0.171. The SMILES string of the molecule is CCc1ccc(-c2ccc(=O)n(Cc3ccc(Cl)cc3Cl)n2)cc1. The van der Waals surface area contributed by atoms with Gasteiger partial charge in [0.05, 0.1) is 12.2 Å². The molecule has 0 unspecified atom stereocenters. The van der Waals surface area contributed by atoms with Gasteiger partial charge >= 0.3 is 0 Å². The number of benzene rings is 2. The summed E-state index contributed by atoms with van der Waals surface area (Å²) in [4.78, 5) is 12.1. The van der Waals surface area contributed by atoms with Gasteiger partial charge < -0.3 is 0 Å². The molecule has 3 aromatic rings. The van der Waals surface area contributed by atoms with E-state index in [-0.39, 0.29) is 5.56 Å². The molecular weight excluding hydrogens is 343 g/mol. The lowest BCUT2D eigenvalue weighted by molar-refractivity contribution is 0.643. The highest BCUT2D eigenvalue weighted by molar-refractivity contribution is 6.35. The van der Waals surface area contributed by atoms with Crippen molar-refractivity contribution in [3.63, 3.8) is 0 Å². The number of aromatic nitrogens is 2. The van der Waals surface area contributed by atoms with E-state index in [1.165, 1.54) is 16.3 Å². The fraction of sp³-hybridized carbons (Fsp3) is 0.158. The van der Waals surface area contributed by atoms with E-state index in [1.54, 1.807) is 18.2 Å². The molecule has 1 heterocycles. The summed E-state index contributed by atoms with van der Waals surface area (Å²) < 4.78 is 1.41. The fourth-order valence-electron chi connectivity index (χ4n) is 2.44. The normalized spacial score (nSPS) is 10.8. The smallest absolute Gasteiger partial charge is 0.267 e. The first-order chi connectivity index (χ1) is 11.6. The first-order valence-corrected chi connectivity index (χ1v) is 8.44. The van der Waals surface area contributed by atoms with Gasteiger partial charge in [0.2, 0.25) is 0 Å². The van der Waals surface area contributed by atoms with Crippen LogP contribution in [-0.4, -0.2) is 9.78 Å². The van der Waals surface area contributed by atoms with Gasteiger partial charge in [0, 0.05) is 21.7 Å². The zero-order valence-corrected chi connectivity index (χ0v) is 14.7. The maximum absolute atomic E-state index is 12.1. The second kappa shape index (κ2) is 7.20. The van der Waals surface area contributed by atoms with Crippen LogP contribution in [0.25, 0.3) is 11.3 Å². The summed E-state index contributed by atoms with van der Waals surface area (Å²) in [6.45, 7) is 2.42. The average Bonchev–Trinajstić information content (AvgIpc) is 2.59. The molecule has 0 fully saturated rings. The van der Waals surface area contributed by atoms with Crippen molar-refractivity contribution < 1.29 is 0 Å². The average molecular weight is 359 g/mol. The molecule has 0 aliphatic heterocycles. The van der Waals surface area contributed by atoms with Crippen LogP contribution in [0.3, 0.4) is 0 Å². The molecule has 5 heteroatoms. The number of hydrogen-bond acceptors (Lipinski definition) is 2. The summed E-state index contributed by atoms with van der Waals surface area (Å²) in [5.41, 5.74) is 3.62. The van der Waals surface area contributed by atoms with Gasteiger partial charge in [-0.3, -0.25) is 4.79 Å². The second-order valence-corrected chi connectivity index (χ2v) is 6.34. The van der Waals surface area contributed by atoms with E-state index in [1.807, 2.05) is 18.2 Å². The van der Waals surface area contributed by atoms with Crippen molar-refractivity contribution in [2.45, 2.75) is 19.9 Å². The third-order valence-corrected chi connectivity index (χ3v) is 4.45. The molecule has 0 saturated heterocycles. The molecule has 1 aromatic heterocycles. The molecule has 0 saturated carbocycles. The Bertz CT molecular complexity index is 917. The Morgan fingerprint density at radius 3 is 2.42 bits per heavy atom. The maximum atomic E-state index is 12.1. The molecule has 122 valence electrons. The van der Waals surface area contributed by atoms with Crippen molar-refractivity contribution in [3.8, 4) is 11.3 Å². The molecule has 2 aromatic carbocycles. The molecule has 0 spiro atoms. The fourth-order valence-corrected chi connectivity index (χ4v) is 2.91. The van der Waals surface area contributed by atoms with Gasteiger partial charge in [-0.05, 0) is 35.7 Å². The van der Waals surface area contributed by atoms with Gasteiger partial charge in [0.1, 0.15) is 0 Å². The zero-order valence-electron chi connectivity index (χ0n) is 13.2. The Morgan fingerprint density at radius 2 is 1.75 bits per heavy atom. The zero-order chi connectivity index (χ0) is 17.1. The first kappa shape index (κ1) is 16.7. The van der Waals surface area contributed by atoms with Crippen molar-refractivity contribution >= 4 is 23.2 Å². The van der Waals surface area contributed by atoms with Gasteiger partial charge in [0.15, 0.2) is 0 Å². The van der Waals surface area contributed by atoms with Crippen molar-refractivity contribution in [1.82, 2.24) is 9.78 Å².